The van der Waals surface area contributed by atoms with E-state index in [9.17, 15) is 4.79 Å². The first-order valence-electron chi connectivity index (χ1n) is 7.06. The van der Waals surface area contributed by atoms with Crippen LogP contribution in [0.3, 0.4) is 0 Å². The van der Waals surface area contributed by atoms with Crippen LogP contribution in [0.4, 0.5) is 5.82 Å². The van der Waals surface area contributed by atoms with E-state index >= 15 is 0 Å². The van der Waals surface area contributed by atoms with Gasteiger partial charge in [-0.15, -0.1) is 0 Å². The number of carbonyl (C=O) groups is 1. The normalized spacial score (nSPS) is 11.7. The molecule has 0 bridgehead atoms. The minimum Gasteiger partial charge on any atom is -0.360 e. The Hall–Kier alpha value is -2.08. The van der Waals surface area contributed by atoms with Crippen LogP contribution in [0.25, 0.3) is 5.65 Å². The predicted octanol–water partition coefficient (Wildman–Crippen LogP) is 2.11. The Kier molecular flexibility index (Phi) is 4.18. The molecule has 0 unspecified atom stereocenters. The van der Waals surface area contributed by atoms with Crippen LogP contribution >= 0.6 is 0 Å². The summed E-state index contributed by atoms with van der Waals surface area (Å²) in [7, 11) is 0. The Labute approximate surface area is 124 Å². The van der Waals surface area contributed by atoms with E-state index in [1.807, 2.05) is 22.6 Å². The summed E-state index contributed by atoms with van der Waals surface area (Å²) in [4.78, 5) is 16.0. The highest BCUT2D eigenvalue weighted by atomic mass is 16.5. The van der Waals surface area contributed by atoms with Crippen molar-refractivity contribution in [2.45, 2.75) is 39.5 Å². The summed E-state index contributed by atoms with van der Waals surface area (Å²) in [5, 5.41) is 11.7. The zero-order chi connectivity index (χ0) is 15.6. The van der Waals surface area contributed by atoms with Gasteiger partial charge in [-0.1, -0.05) is 33.8 Å². The molecule has 0 spiro atoms. The maximum absolute atomic E-state index is 11.3. The highest BCUT2D eigenvalue weighted by molar-refractivity contribution is 5.79. The lowest BCUT2D eigenvalue weighted by Crippen LogP contribution is -2.28. The van der Waals surface area contributed by atoms with Gasteiger partial charge in [-0.05, 0) is 18.6 Å². The Morgan fingerprint density at radius 3 is 2.67 bits per heavy atom. The van der Waals surface area contributed by atoms with Crippen molar-refractivity contribution < 1.29 is 10.0 Å². The van der Waals surface area contributed by atoms with E-state index in [-0.39, 0.29) is 12.0 Å². The second-order valence-corrected chi connectivity index (χ2v) is 6.01. The SMILES string of the molecule is CCc1cccc2nc(C(C)(C)C)c(NCC(=O)NO)n12. The molecule has 0 aliphatic carbocycles. The van der Waals surface area contributed by atoms with Gasteiger partial charge in [-0.2, -0.15) is 0 Å². The van der Waals surface area contributed by atoms with Crippen molar-refractivity contribution in [3.63, 3.8) is 0 Å². The van der Waals surface area contributed by atoms with E-state index in [2.05, 4.69) is 33.0 Å². The third kappa shape index (κ3) is 3.00. The maximum Gasteiger partial charge on any atom is 0.262 e. The van der Waals surface area contributed by atoms with Gasteiger partial charge in [0.15, 0.2) is 0 Å². The molecule has 114 valence electrons. The molecule has 0 fully saturated rings. The van der Waals surface area contributed by atoms with Crippen molar-refractivity contribution >= 4 is 17.4 Å². The molecule has 0 saturated heterocycles. The topological polar surface area (TPSA) is 78.7 Å². The molecule has 0 aliphatic rings. The molecule has 21 heavy (non-hydrogen) atoms. The number of carbonyl (C=O) groups excluding carboxylic acids is 1. The molecular formula is C15H22N4O2. The molecule has 0 saturated carbocycles. The van der Waals surface area contributed by atoms with Crippen molar-refractivity contribution in [3.05, 3.63) is 29.6 Å². The summed E-state index contributed by atoms with van der Waals surface area (Å²) in [6.07, 6.45) is 0.859. The third-order valence-electron chi connectivity index (χ3n) is 3.34. The van der Waals surface area contributed by atoms with Crippen LogP contribution in [-0.4, -0.2) is 27.0 Å². The standard InChI is InChI=1S/C15H22N4O2/c1-5-10-7-6-8-11-17-13(15(2,3)4)14(19(10)11)16-9-12(20)18-21/h6-8,16,21H,5,9H2,1-4H3,(H,18,20). The van der Waals surface area contributed by atoms with Crippen molar-refractivity contribution in [1.29, 1.82) is 0 Å². The number of nitrogens with zero attached hydrogens (tertiary/aromatic N) is 2. The summed E-state index contributed by atoms with van der Waals surface area (Å²) >= 11 is 0. The van der Waals surface area contributed by atoms with Crippen molar-refractivity contribution in [2.24, 2.45) is 0 Å². The van der Waals surface area contributed by atoms with Gasteiger partial charge in [0.2, 0.25) is 0 Å². The van der Waals surface area contributed by atoms with Crippen LogP contribution < -0.4 is 10.8 Å². The molecule has 0 aliphatic heterocycles. The van der Waals surface area contributed by atoms with E-state index in [0.29, 0.717) is 0 Å². The summed E-state index contributed by atoms with van der Waals surface area (Å²) in [6, 6.07) is 5.97. The number of hydrogen-bond donors (Lipinski definition) is 3. The summed E-state index contributed by atoms with van der Waals surface area (Å²) in [5.41, 5.74) is 4.34. The lowest BCUT2D eigenvalue weighted by molar-refractivity contribution is -0.127. The zero-order valence-electron chi connectivity index (χ0n) is 12.9. The van der Waals surface area contributed by atoms with E-state index in [1.165, 1.54) is 0 Å². The summed E-state index contributed by atoms with van der Waals surface area (Å²) < 4.78 is 2.03. The van der Waals surface area contributed by atoms with Gasteiger partial charge in [0.05, 0.1) is 12.2 Å². The number of fused-ring (bicyclic) bond motifs is 1. The second-order valence-electron chi connectivity index (χ2n) is 6.01. The molecule has 1 amide bonds. The molecule has 0 atom stereocenters. The summed E-state index contributed by atoms with van der Waals surface area (Å²) in [6.45, 7) is 8.31. The fourth-order valence-corrected chi connectivity index (χ4v) is 2.33. The Balaban J connectivity index is 2.58. The Bertz CT molecular complexity index is 655. The van der Waals surface area contributed by atoms with Crippen LogP contribution in [0.15, 0.2) is 18.2 Å². The Morgan fingerprint density at radius 2 is 2.10 bits per heavy atom. The lowest BCUT2D eigenvalue weighted by atomic mass is 9.92. The number of aromatic nitrogens is 2. The molecule has 3 N–H and O–H groups in total. The lowest BCUT2D eigenvalue weighted by Gasteiger charge is -2.19. The number of amides is 1. The number of aryl methyl sites for hydroxylation is 1. The van der Waals surface area contributed by atoms with E-state index in [1.54, 1.807) is 5.48 Å². The van der Waals surface area contributed by atoms with Gasteiger partial charge in [-0.3, -0.25) is 14.4 Å². The molecule has 2 heterocycles. The van der Waals surface area contributed by atoms with Gasteiger partial charge < -0.3 is 5.32 Å². The molecule has 2 aromatic heterocycles. The van der Waals surface area contributed by atoms with Crippen LogP contribution in [0.5, 0.6) is 0 Å². The smallest absolute Gasteiger partial charge is 0.262 e. The largest absolute Gasteiger partial charge is 0.360 e. The van der Waals surface area contributed by atoms with Crippen LogP contribution in [0.1, 0.15) is 39.1 Å². The average molecular weight is 290 g/mol. The predicted molar refractivity (Wildman–Crippen MR) is 81.7 cm³/mol. The number of pyridine rings is 1. The molecule has 0 radical (unpaired) electrons. The fraction of sp³-hybridized carbons (Fsp3) is 0.467. The Morgan fingerprint density at radius 1 is 1.38 bits per heavy atom. The molecule has 2 aromatic rings. The summed E-state index contributed by atoms with van der Waals surface area (Å²) in [5.74, 6) is 0.317. The molecule has 0 aromatic carbocycles. The molecule has 6 nitrogen and oxygen atoms in total. The monoisotopic (exact) mass is 290 g/mol. The fourth-order valence-electron chi connectivity index (χ4n) is 2.33. The number of hydrogen-bond acceptors (Lipinski definition) is 4. The van der Waals surface area contributed by atoms with E-state index in [4.69, 9.17) is 10.2 Å². The number of rotatable bonds is 4. The van der Waals surface area contributed by atoms with Gasteiger partial charge in [0.1, 0.15) is 11.5 Å². The van der Waals surface area contributed by atoms with E-state index in [0.717, 1.165) is 29.3 Å². The van der Waals surface area contributed by atoms with Gasteiger partial charge in [-0.25, -0.2) is 10.5 Å². The second kappa shape index (κ2) is 5.73. The van der Waals surface area contributed by atoms with Gasteiger partial charge in [0, 0.05) is 11.1 Å². The highest BCUT2D eigenvalue weighted by Crippen LogP contribution is 2.31. The first-order chi connectivity index (χ1) is 9.88. The number of nitrogens with one attached hydrogen (secondary N) is 2. The van der Waals surface area contributed by atoms with Crippen molar-refractivity contribution in [2.75, 3.05) is 11.9 Å². The van der Waals surface area contributed by atoms with Crippen LogP contribution in [0.2, 0.25) is 0 Å². The van der Waals surface area contributed by atoms with Crippen LogP contribution in [-0.2, 0) is 16.6 Å². The van der Waals surface area contributed by atoms with Crippen molar-refractivity contribution in [1.82, 2.24) is 14.9 Å². The first kappa shape index (κ1) is 15.3. The molecular weight excluding hydrogens is 268 g/mol. The average Bonchev–Trinajstić information content (AvgIpc) is 2.83. The number of hydroxylamine groups is 1. The third-order valence-corrected chi connectivity index (χ3v) is 3.34. The first-order valence-corrected chi connectivity index (χ1v) is 7.06. The quantitative estimate of drug-likeness (QED) is 0.595. The number of anilines is 1. The maximum atomic E-state index is 11.3. The van der Waals surface area contributed by atoms with Crippen molar-refractivity contribution in [3.8, 4) is 0 Å². The minimum atomic E-state index is -0.487. The van der Waals surface area contributed by atoms with Gasteiger partial charge in [0.25, 0.3) is 5.91 Å². The van der Waals surface area contributed by atoms with Gasteiger partial charge >= 0.3 is 0 Å². The van der Waals surface area contributed by atoms with Crippen LogP contribution in [0, 0.1) is 0 Å². The molecule has 2 rings (SSSR count). The highest BCUT2D eigenvalue weighted by Gasteiger charge is 2.25. The molecule has 6 heteroatoms. The van der Waals surface area contributed by atoms with E-state index < -0.39 is 5.91 Å². The zero-order valence-corrected chi connectivity index (χ0v) is 12.9. The minimum absolute atomic E-state index is 0.00851. The number of imidazole rings is 1.